The molecule has 0 amide bonds. The summed E-state index contributed by atoms with van der Waals surface area (Å²) < 4.78 is 6.73. The van der Waals surface area contributed by atoms with Gasteiger partial charge >= 0.3 is 0 Å². The van der Waals surface area contributed by atoms with Crippen molar-refractivity contribution in [2.75, 3.05) is 0 Å². The second kappa shape index (κ2) is 5.09. The summed E-state index contributed by atoms with van der Waals surface area (Å²) in [6.07, 6.45) is 3.73. The molecule has 17 heavy (non-hydrogen) atoms. The highest BCUT2D eigenvalue weighted by Gasteiger charge is 2.09. The third-order valence-corrected chi connectivity index (χ3v) is 2.54. The molecular formula is C11H17N5O. The maximum atomic E-state index is 4.68. The van der Waals surface area contributed by atoms with Crippen LogP contribution in [0.25, 0.3) is 0 Å². The SMILES string of the molecule is Cc1nonc1Cn1ccnc1CNC(C)C. The standard InChI is InChI=1S/C11H17N5O/c1-8(2)13-6-11-12-4-5-16(11)7-10-9(3)14-17-15-10/h4-5,8,13H,6-7H2,1-3H3. The Morgan fingerprint density at radius 2 is 2.24 bits per heavy atom. The highest BCUT2D eigenvalue weighted by atomic mass is 16.6. The van der Waals surface area contributed by atoms with Crippen LogP contribution in [0.3, 0.4) is 0 Å². The van der Waals surface area contributed by atoms with Gasteiger partial charge in [0.25, 0.3) is 0 Å². The molecule has 2 aromatic heterocycles. The molecule has 0 bridgehead atoms. The van der Waals surface area contributed by atoms with Crippen LogP contribution >= 0.6 is 0 Å². The van der Waals surface area contributed by atoms with Crippen LogP contribution in [0.2, 0.25) is 0 Å². The Balaban J connectivity index is 2.06. The van der Waals surface area contributed by atoms with E-state index in [1.165, 1.54) is 0 Å². The number of hydrogen-bond acceptors (Lipinski definition) is 5. The average Bonchev–Trinajstić information content (AvgIpc) is 2.87. The van der Waals surface area contributed by atoms with Crippen LogP contribution in [-0.4, -0.2) is 25.9 Å². The van der Waals surface area contributed by atoms with Crippen molar-refractivity contribution in [3.63, 3.8) is 0 Å². The summed E-state index contributed by atoms with van der Waals surface area (Å²) in [6, 6.07) is 0.440. The van der Waals surface area contributed by atoms with Crippen LogP contribution < -0.4 is 5.32 Å². The molecule has 92 valence electrons. The Bertz CT molecular complexity index is 474. The first kappa shape index (κ1) is 11.8. The van der Waals surface area contributed by atoms with E-state index in [4.69, 9.17) is 0 Å². The summed E-state index contributed by atoms with van der Waals surface area (Å²) >= 11 is 0. The topological polar surface area (TPSA) is 68.8 Å². The van der Waals surface area contributed by atoms with E-state index in [9.17, 15) is 0 Å². The molecule has 2 heterocycles. The van der Waals surface area contributed by atoms with Crippen molar-refractivity contribution in [1.82, 2.24) is 25.2 Å². The van der Waals surface area contributed by atoms with Gasteiger partial charge in [-0.25, -0.2) is 9.61 Å². The average molecular weight is 235 g/mol. The van der Waals surface area contributed by atoms with Gasteiger partial charge in [0.2, 0.25) is 0 Å². The predicted molar refractivity (Wildman–Crippen MR) is 62.3 cm³/mol. The van der Waals surface area contributed by atoms with E-state index in [1.54, 1.807) is 6.20 Å². The normalized spacial score (nSPS) is 11.3. The lowest BCUT2D eigenvalue weighted by molar-refractivity contribution is 0.300. The van der Waals surface area contributed by atoms with Crippen LogP contribution in [0.5, 0.6) is 0 Å². The summed E-state index contributed by atoms with van der Waals surface area (Å²) in [4.78, 5) is 4.32. The molecule has 6 nitrogen and oxygen atoms in total. The molecular weight excluding hydrogens is 218 g/mol. The summed E-state index contributed by atoms with van der Waals surface area (Å²) in [6.45, 7) is 7.49. The predicted octanol–water partition coefficient (Wildman–Crippen LogP) is 1.12. The molecule has 0 fully saturated rings. The van der Waals surface area contributed by atoms with Crippen LogP contribution in [0, 0.1) is 6.92 Å². The molecule has 0 atom stereocenters. The van der Waals surface area contributed by atoms with Crippen LogP contribution in [0.15, 0.2) is 17.0 Å². The third kappa shape index (κ3) is 2.91. The minimum Gasteiger partial charge on any atom is -0.328 e. The molecule has 0 saturated carbocycles. The number of imidazole rings is 1. The van der Waals surface area contributed by atoms with Crippen molar-refractivity contribution in [2.45, 2.75) is 39.9 Å². The fourth-order valence-electron chi connectivity index (χ4n) is 1.50. The van der Waals surface area contributed by atoms with Crippen molar-refractivity contribution in [3.8, 4) is 0 Å². The molecule has 0 aliphatic heterocycles. The van der Waals surface area contributed by atoms with E-state index in [1.807, 2.05) is 17.7 Å². The third-order valence-electron chi connectivity index (χ3n) is 2.54. The minimum atomic E-state index is 0.440. The Kier molecular flexibility index (Phi) is 3.53. The Morgan fingerprint density at radius 3 is 2.88 bits per heavy atom. The van der Waals surface area contributed by atoms with E-state index in [0.717, 1.165) is 23.8 Å². The van der Waals surface area contributed by atoms with Crippen molar-refractivity contribution in [3.05, 3.63) is 29.6 Å². The maximum absolute atomic E-state index is 4.68. The lowest BCUT2D eigenvalue weighted by Gasteiger charge is -2.09. The van der Waals surface area contributed by atoms with E-state index < -0.39 is 0 Å². The Labute approximate surface area is 100 Å². The first-order valence-electron chi connectivity index (χ1n) is 5.68. The Morgan fingerprint density at radius 1 is 1.41 bits per heavy atom. The van der Waals surface area contributed by atoms with Gasteiger partial charge in [-0.2, -0.15) is 0 Å². The summed E-state index contributed by atoms with van der Waals surface area (Å²) in [7, 11) is 0. The van der Waals surface area contributed by atoms with Gasteiger partial charge < -0.3 is 9.88 Å². The van der Waals surface area contributed by atoms with Crippen molar-refractivity contribution in [2.24, 2.45) is 0 Å². The number of nitrogens with one attached hydrogen (secondary N) is 1. The molecule has 2 rings (SSSR count). The maximum Gasteiger partial charge on any atom is 0.127 e. The molecule has 0 spiro atoms. The number of aryl methyl sites for hydroxylation is 1. The van der Waals surface area contributed by atoms with Gasteiger partial charge in [-0.05, 0) is 6.92 Å². The lowest BCUT2D eigenvalue weighted by atomic mass is 10.3. The first-order chi connectivity index (χ1) is 8.16. The zero-order chi connectivity index (χ0) is 12.3. The lowest BCUT2D eigenvalue weighted by Crippen LogP contribution is -2.24. The van der Waals surface area contributed by atoms with Gasteiger partial charge in [0.15, 0.2) is 0 Å². The monoisotopic (exact) mass is 235 g/mol. The van der Waals surface area contributed by atoms with Gasteiger partial charge in [0, 0.05) is 18.4 Å². The van der Waals surface area contributed by atoms with Gasteiger partial charge in [-0.15, -0.1) is 0 Å². The van der Waals surface area contributed by atoms with Crippen molar-refractivity contribution >= 4 is 0 Å². The summed E-state index contributed by atoms with van der Waals surface area (Å²) in [5.41, 5.74) is 1.66. The number of nitrogens with zero attached hydrogens (tertiary/aromatic N) is 4. The molecule has 0 aromatic carbocycles. The zero-order valence-electron chi connectivity index (χ0n) is 10.3. The van der Waals surface area contributed by atoms with E-state index in [2.05, 4.69) is 39.1 Å². The second-order valence-corrected chi connectivity index (χ2v) is 4.30. The quantitative estimate of drug-likeness (QED) is 0.841. The molecule has 6 heteroatoms. The molecule has 0 aliphatic rings. The van der Waals surface area contributed by atoms with E-state index in [-0.39, 0.29) is 0 Å². The number of aromatic nitrogens is 4. The molecule has 2 aromatic rings. The van der Waals surface area contributed by atoms with Crippen LogP contribution in [-0.2, 0) is 13.1 Å². The number of rotatable bonds is 5. The fourth-order valence-corrected chi connectivity index (χ4v) is 1.50. The smallest absolute Gasteiger partial charge is 0.127 e. The van der Waals surface area contributed by atoms with E-state index in [0.29, 0.717) is 12.6 Å². The van der Waals surface area contributed by atoms with Gasteiger partial charge in [0.1, 0.15) is 17.2 Å². The highest BCUT2D eigenvalue weighted by molar-refractivity contribution is 5.07. The van der Waals surface area contributed by atoms with Gasteiger partial charge in [0.05, 0.1) is 13.1 Å². The molecule has 0 aliphatic carbocycles. The first-order valence-corrected chi connectivity index (χ1v) is 5.68. The number of hydrogen-bond donors (Lipinski definition) is 1. The fraction of sp³-hybridized carbons (Fsp3) is 0.545. The van der Waals surface area contributed by atoms with Gasteiger partial charge in [-0.3, -0.25) is 0 Å². The summed E-state index contributed by atoms with van der Waals surface area (Å²) in [5, 5.41) is 11.0. The van der Waals surface area contributed by atoms with Crippen LogP contribution in [0.4, 0.5) is 0 Å². The Hall–Kier alpha value is -1.69. The zero-order valence-corrected chi connectivity index (χ0v) is 10.3. The molecule has 0 radical (unpaired) electrons. The molecule has 1 N–H and O–H groups in total. The minimum absolute atomic E-state index is 0.440. The summed E-state index contributed by atoms with van der Waals surface area (Å²) in [5.74, 6) is 0.987. The second-order valence-electron chi connectivity index (χ2n) is 4.30. The van der Waals surface area contributed by atoms with Crippen molar-refractivity contribution in [1.29, 1.82) is 0 Å². The molecule has 0 saturated heterocycles. The van der Waals surface area contributed by atoms with Crippen LogP contribution in [0.1, 0.15) is 31.1 Å². The van der Waals surface area contributed by atoms with E-state index >= 15 is 0 Å². The largest absolute Gasteiger partial charge is 0.328 e. The van der Waals surface area contributed by atoms with Gasteiger partial charge in [-0.1, -0.05) is 24.2 Å². The van der Waals surface area contributed by atoms with Crippen molar-refractivity contribution < 1.29 is 4.63 Å². The molecule has 0 unspecified atom stereocenters. The highest BCUT2D eigenvalue weighted by Crippen LogP contribution is 2.06.